The number of hydrogen-bond acceptors (Lipinski definition) is 6. The van der Waals surface area contributed by atoms with Crippen LogP contribution in [0.5, 0.6) is 0 Å². The third kappa shape index (κ3) is 6.33. The van der Waals surface area contributed by atoms with Crippen molar-refractivity contribution in [3.63, 3.8) is 0 Å². The fourth-order valence-electron chi connectivity index (χ4n) is 3.91. The van der Waals surface area contributed by atoms with Gasteiger partial charge in [0.1, 0.15) is 0 Å². The molecule has 3 heterocycles. The fraction of sp³-hybridized carbons (Fsp3) is 0.450. The van der Waals surface area contributed by atoms with Gasteiger partial charge >= 0.3 is 12.1 Å². The zero-order valence-corrected chi connectivity index (χ0v) is 19.2. The van der Waals surface area contributed by atoms with Crippen molar-refractivity contribution in [2.75, 3.05) is 24.5 Å². The van der Waals surface area contributed by atoms with Crippen molar-refractivity contribution >= 4 is 33.5 Å². The van der Waals surface area contributed by atoms with E-state index in [1.807, 2.05) is 17.0 Å². The Hall–Kier alpha value is -2.51. The van der Waals surface area contributed by atoms with Gasteiger partial charge in [-0.05, 0) is 36.5 Å². The van der Waals surface area contributed by atoms with E-state index in [0.717, 1.165) is 24.4 Å². The Morgan fingerprint density at radius 2 is 1.68 bits per heavy atom. The maximum absolute atomic E-state index is 13.0. The van der Waals surface area contributed by atoms with Crippen LogP contribution in [0.4, 0.5) is 23.5 Å². The maximum atomic E-state index is 13.0. The summed E-state index contributed by atoms with van der Waals surface area (Å²) in [6, 6.07) is 7.27. The molecule has 4 rings (SSSR count). The smallest absolute Gasteiger partial charge is 0.475 e. The van der Waals surface area contributed by atoms with Crippen LogP contribution in [-0.2, 0) is 21.4 Å². The summed E-state index contributed by atoms with van der Waals surface area (Å²) >= 11 is 5.91. The molecular weight excluding hydrogens is 504 g/mol. The van der Waals surface area contributed by atoms with Gasteiger partial charge in [0.05, 0.1) is 17.6 Å². The van der Waals surface area contributed by atoms with Gasteiger partial charge in [-0.1, -0.05) is 23.7 Å². The highest BCUT2D eigenvalue weighted by Gasteiger charge is 2.47. The van der Waals surface area contributed by atoms with Gasteiger partial charge < -0.3 is 10.0 Å². The minimum atomic E-state index is -5.08. The van der Waals surface area contributed by atoms with Gasteiger partial charge in [-0.2, -0.15) is 17.5 Å². The van der Waals surface area contributed by atoms with Crippen LogP contribution in [0.2, 0.25) is 5.02 Å². The molecule has 2 saturated heterocycles. The normalized spacial score (nSPS) is 22.3. The zero-order valence-electron chi connectivity index (χ0n) is 17.6. The second-order valence-electron chi connectivity index (χ2n) is 7.83. The Kier molecular flexibility index (Phi) is 7.98. The quantitative estimate of drug-likeness (QED) is 0.614. The van der Waals surface area contributed by atoms with E-state index < -0.39 is 33.2 Å². The van der Waals surface area contributed by atoms with Crippen molar-refractivity contribution in [2.45, 2.75) is 30.8 Å². The number of carboxylic acid groups (broad SMARTS) is 1. The van der Waals surface area contributed by atoms with Crippen molar-refractivity contribution in [1.29, 1.82) is 0 Å². The molecule has 0 bridgehead atoms. The molecule has 1 aromatic carbocycles. The first-order chi connectivity index (χ1) is 15.9. The van der Waals surface area contributed by atoms with Gasteiger partial charge in [0, 0.05) is 31.2 Å². The average molecular weight is 525 g/mol. The minimum absolute atomic E-state index is 0.0766. The molecule has 1 N–H and O–H groups in total. The van der Waals surface area contributed by atoms with Crippen molar-refractivity contribution in [1.82, 2.24) is 14.3 Å². The molecule has 8 nitrogen and oxygen atoms in total. The lowest BCUT2D eigenvalue weighted by Gasteiger charge is -2.22. The number of benzene rings is 1. The molecule has 2 aliphatic heterocycles. The van der Waals surface area contributed by atoms with E-state index in [2.05, 4.69) is 9.97 Å². The predicted octanol–water partition coefficient (Wildman–Crippen LogP) is 3.33. The predicted molar refractivity (Wildman–Crippen MR) is 115 cm³/mol. The number of anilines is 1. The molecule has 0 aliphatic carbocycles. The third-order valence-electron chi connectivity index (χ3n) is 5.56. The molecule has 14 heteroatoms. The highest BCUT2D eigenvalue weighted by molar-refractivity contribution is 7.90. The average Bonchev–Trinajstić information content (AvgIpc) is 2.90. The molecule has 186 valence electrons. The standard InChI is InChI=1S/C18H20ClFN4O2S.C2HF3O2/c19-15-3-1-13(2-4-15)11-24-12-14-5-7-23(8-6-17(14)27(24,25)26)18-21-9-16(20)10-22-18;3-2(4,5)1(6)7/h1-4,9-10,14,17H,5-8,11-12H2;(H,6,7)/t14-,17-;/m1./s1. The Labute approximate surface area is 198 Å². The third-order valence-corrected chi connectivity index (χ3v) is 8.20. The summed E-state index contributed by atoms with van der Waals surface area (Å²) in [5.74, 6) is -2.71. The number of carboxylic acids is 1. The van der Waals surface area contributed by atoms with Crippen molar-refractivity contribution in [3.8, 4) is 0 Å². The summed E-state index contributed by atoms with van der Waals surface area (Å²) in [7, 11) is -3.36. The first-order valence-corrected chi connectivity index (χ1v) is 12.0. The molecule has 0 unspecified atom stereocenters. The monoisotopic (exact) mass is 524 g/mol. The summed E-state index contributed by atoms with van der Waals surface area (Å²) < 4.78 is 72.4. The number of aromatic nitrogens is 2. The SMILES string of the molecule is O=C(O)C(F)(F)F.O=S1(=O)[C@@H]2CCN(c3ncc(F)cn3)CC[C@@H]2CN1Cc1ccc(Cl)cc1. The number of fused-ring (bicyclic) bond motifs is 1. The molecular formula is C20H21ClF4N4O4S. The zero-order chi connectivity index (χ0) is 25.1. The minimum Gasteiger partial charge on any atom is -0.475 e. The van der Waals surface area contributed by atoms with Crippen LogP contribution in [0, 0.1) is 11.7 Å². The molecule has 2 atom stereocenters. The molecule has 34 heavy (non-hydrogen) atoms. The van der Waals surface area contributed by atoms with Crippen LogP contribution >= 0.6 is 11.6 Å². The Morgan fingerprint density at radius 3 is 2.24 bits per heavy atom. The van der Waals surface area contributed by atoms with Crippen LogP contribution in [-0.4, -0.2) is 64.8 Å². The van der Waals surface area contributed by atoms with Crippen LogP contribution in [0.25, 0.3) is 0 Å². The molecule has 0 saturated carbocycles. The van der Waals surface area contributed by atoms with E-state index in [-0.39, 0.29) is 5.92 Å². The second kappa shape index (κ2) is 10.4. The molecule has 0 spiro atoms. The molecule has 2 aliphatic rings. The van der Waals surface area contributed by atoms with Crippen molar-refractivity contribution < 1.29 is 35.9 Å². The summed E-state index contributed by atoms with van der Waals surface area (Å²) in [4.78, 5) is 18.9. The number of hydrogen-bond donors (Lipinski definition) is 1. The number of sulfonamides is 1. The Balaban J connectivity index is 0.000000406. The summed E-state index contributed by atoms with van der Waals surface area (Å²) in [5.41, 5.74) is 0.931. The Bertz CT molecular complexity index is 1100. The summed E-state index contributed by atoms with van der Waals surface area (Å²) in [6.45, 7) is 2.10. The summed E-state index contributed by atoms with van der Waals surface area (Å²) in [6.07, 6.45) is -1.55. The number of rotatable bonds is 3. The highest BCUT2D eigenvalue weighted by atomic mass is 35.5. The van der Waals surface area contributed by atoms with E-state index >= 15 is 0 Å². The first-order valence-electron chi connectivity index (χ1n) is 10.1. The van der Waals surface area contributed by atoms with Gasteiger partial charge in [0.2, 0.25) is 16.0 Å². The first kappa shape index (κ1) is 26.1. The fourth-order valence-corrected chi connectivity index (χ4v) is 6.26. The van der Waals surface area contributed by atoms with E-state index in [1.165, 1.54) is 0 Å². The molecule has 2 fully saturated rings. The second-order valence-corrected chi connectivity index (χ2v) is 10.4. The van der Waals surface area contributed by atoms with Crippen LogP contribution in [0.3, 0.4) is 0 Å². The number of carbonyl (C=O) groups is 1. The van der Waals surface area contributed by atoms with E-state index in [9.17, 15) is 26.0 Å². The summed E-state index contributed by atoms with van der Waals surface area (Å²) in [5, 5.41) is 7.37. The largest absolute Gasteiger partial charge is 0.490 e. The molecule has 0 radical (unpaired) electrons. The van der Waals surface area contributed by atoms with Gasteiger partial charge in [0.25, 0.3) is 0 Å². The van der Waals surface area contributed by atoms with E-state index in [1.54, 1.807) is 16.4 Å². The van der Waals surface area contributed by atoms with Gasteiger partial charge in [-0.3, -0.25) is 0 Å². The Morgan fingerprint density at radius 1 is 1.12 bits per heavy atom. The molecule has 2 aromatic rings. The van der Waals surface area contributed by atoms with Crippen LogP contribution in [0.15, 0.2) is 36.7 Å². The number of alkyl halides is 3. The molecule has 0 amide bonds. The van der Waals surface area contributed by atoms with E-state index in [4.69, 9.17) is 21.5 Å². The number of halogens is 5. The van der Waals surface area contributed by atoms with Gasteiger partial charge in [-0.15, -0.1) is 0 Å². The molecule has 1 aromatic heterocycles. The van der Waals surface area contributed by atoms with Gasteiger partial charge in [-0.25, -0.2) is 27.6 Å². The number of nitrogens with zero attached hydrogens (tertiary/aromatic N) is 4. The maximum Gasteiger partial charge on any atom is 0.490 e. The topological polar surface area (TPSA) is 104 Å². The lowest BCUT2D eigenvalue weighted by Crippen LogP contribution is -2.32. The van der Waals surface area contributed by atoms with Crippen LogP contribution in [0.1, 0.15) is 18.4 Å². The number of aliphatic carboxylic acids is 1. The lowest BCUT2D eigenvalue weighted by atomic mass is 10.0. The van der Waals surface area contributed by atoms with Crippen molar-refractivity contribution in [2.24, 2.45) is 5.92 Å². The lowest BCUT2D eigenvalue weighted by molar-refractivity contribution is -0.192. The highest BCUT2D eigenvalue weighted by Crippen LogP contribution is 2.35. The van der Waals surface area contributed by atoms with Gasteiger partial charge in [0.15, 0.2) is 5.82 Å². The van der Waals surface area contributed by atoms with Crippen molar-refractivity contribution in [3.05, 3.63) is 53.1 Å². The van der Waals surface area contributed by atoms with E-state index in [0.29, 0.717) is 43.6 Å². The van der Waals surface area contributed by atoms with Crippen LogP contribution < -0.4 is 4.90 Å².